The van der Waals surface area contributed by atoms with Crippen LogP contribution in [0.4, 0.5) is 5.82 Å². The van der Waals surface area contributed by atoms with Crippen LogP contribution in [0.1, 0.15) is 10.5 Å². The average molecular weight is 316 g/mol. The van der Waals surface area contributed by atoms with E-state index in [9.17, 15) is 9.90 Å². The van der Waals surface area contributed by atoms with Crippen LogP contribution in [0.15, 0.2) is 22.8 Å². The van der Waals surface area contributed by atoms with Gasteiger partial charge in [0.15, 0.2) is 17.2 Å². The van der Waals surface area contributed by atoms with Crippen LogP contribution in [0, 0.1) is 0 Å². The van der Waals surface area contributed by atoms with Crippen LogP contribution in [0.5, 0.6) is 11.5 Å². The SMILES string of the molecule is Nc1nonc1-n1nnc(C(=O)O)c1-c1ccc2c(c1)OCO2. The summed E-state index contributed by atoms with van der Waals surface area (Å²) in [6.07, 6.45) is 0. The van der Waals surface area contributed by atoms with Gasteiger partial charge < -0.3 is 20.3 Å². The highest BCUT2D eigenvalue weighted by atomic mass is 16.7. The summed E-state index contributed by atoms with van der Waals surface area (Å²) in [6, 6.07) is 4.93. The van der Waals surface area contributed by atoms with Crippen molar-refractivity contribution in [2.45, 2.75) is 0 Å². The Labute approximate surface area is 127 Å². The first kappa shape index (κ1) is 13.1. The summed E-state index contributed by atoms with van der Waals surface area (Å²) in [5.74, 6) is -0.212. The molecule has 0 saturated heterocycles. The van der Waals surface area contributed by atoms with Crippen LogP contribution in [0.2, 0.25) is 0 Å². The van der Waals surface area contributed by atoms with Crippen LogP contribution in [-0.4, -0.2) is 43.2 Å². The van der Waals surface area contributed by atoms with Crippen LogP contribution < -0.4 is 15.2 Å². The molecule has 1 aromatic carbocycles. The summed E-state index contributed by atoms with van der Waals surface area (Å²) in [4.78, 5) is 11.4. The molecule has 0 amide bonds. The summed E-state index contributed by atoms with van der Waals surface area (Å²) in [5.41, 5.74) is 6.03. The molecule has 1 aliphatic heterocycles. The lowest BCUT2D eigenvalue weighted by Crippen LogP contribution is -2.05. The van der Waals surface area contributed by atoms with E-state index in [0.29, 0.717) is 17.1 Å². The first-order chi connectivity index (χ1) is 11.1. The number of anilines is 1. The second-order valence-corrected chi connectivity index (χ2v) is 4.54. The molecule has 0 radical (unpaired) electrons. The summed E-state index contributed by atoms with van der Waals surface area (Å²) in [6.45, 7) is 0.0994. The monoisotopic (exact) mass is 316 g/mol. The zero-order valence-corrected chi connectivity index (χ0v) is 11.3. The Balaban J connectivity index is 1.94. The van der Waals surface area contributed by atoms with Crippen LogP contribution in [-0.2, 0) is 0 Å². The van der Waals surface area contributed by atoms with E-state index in [1.54, 1.807) is 18.2 Å². The Morgan fingerprint density at radius 2 is 2.09 bits per heavy atom. The average Bonchev–Trinajstić information content (AvgIpc) is 3.24. The maximum Gasteiger partial charge on any atom is 0.358 e. The summed E-state index contributed by atoms with van der Waals surface area (Å²) in [7, 11) is 0. The van der Waals surface area contributed by atoms with Gasteiger partial charge in [0, 0.05) is 5.56 Å². The molecule has 23 heavy (non-hydrogen) atoms. The number of nitrogen functional groups attached to an aromatic ring is 1. The number of benzene rings is 1. The number of rotatable bonds is 3. The van der Waals surface area contributed by atoms with E-state index >= 15 is 0 Å². The van der Waals surface area contributed by atoms with Crippen LogP contribution in [0.25, 0.3) is 17.1 Å². The first-order valence-electron chi connectivity index (χ1n) is 6.32. The molecule has 3 heterocycles. The fourth-order valence-corrected chi connectivity index (χ4v) is 2.21. The van der Waals surface area contributed by atoms with Crippen molar-refractivity contribution >= 4 is 11.8 Å². The Kier molecular flexibility index (Phi) is 2.66. The molecular formula is C12H8N6O5. The van der Waals surface area contributed by atoms with Gasteiger partial charge in [-0.1, -0.05) is 5.21 Å². The van der Waals surface area contributed by atoms with E-state index < -0.39 is 5.97 Å². The van der Waals surface area contributed by atoms with E-state index in [1.165, 1.54) is 0 Å². The number of carboxylic acids is 1. The highest BCUT2D eigenvalue weighted by molar-refractivity contribution is 5.93. The van der Waals surface area contributed by atoms with Crippen LogP contribution >= 0.6 is 0 Å². The van der Waals surface area contributed by atoms with Gasteiger partial charge in [-0.2, -0.15) is 4.68 Å². The van der Waals surface area contributed by atoms with Crippen molar-refractivity contribution in [1.82, 2.24) is 25.3 Å². The number of aromatic carboxylic acids is 1. The fraction of sp³-hybridized carbons (Fsp3) is 0.0833. The standard InChI is InChI=1S/C12H8N6O5/c13-10-11(16-23-15-10)18-9(8(12(19)20)14-17-18)5-1-2-6-7(3-5)22-4-21-6/h1-3H,4H2,(H2,13,15)(H,19,20). The maximum absolute atomic E-state index is 11.4. The topological polar surface area (TPSA) is 151 Å². The molecule has 11 heteroatoms. The summed E-state index contributed by atoms with van der Waals surface area (Å²) >= 11 is 0. The number of aromatic nitrogens is 5. The Morgan fingerprint density at radius 1 is 1.26 bits per heavy atom. The number of fused-ring (bicyclic) bond motifs is 1. The quantitative estimate of drug-likeness (QED) is 0.691. The minimum Gasteiger partial charge on any atom is -0.476 e. The number of nitrogens with two attached hydrogens (primary N) is 1. The molecule has 0 fully saturated rings. The smallest absolute Gasteiger partial charge is 0.358 e. The Morgan fingerprint density at radius 3 is 2.83 bits per heavy atom. The van der Waals surface area contributed by atoms with Gasteiger partial charge in [-0.05, 0) is 28.5 Å². The lowest BCUT2D eigenvalue weighted by atomic mass is 10.1. The zero-order valence-electron chi connectivity index (χ0n) is 11.3. The third kappa shape index (κ3) is 1.94. The fourth-order valence-electron chi connectivity index (χ4n) is 2.21. The van der Waals surface area contributed by atoms with Gasteiger partial charge in [-0.3, -0.25) is 0 Å². The first-order valence-corrected chi connectivity index (χ1v) is 6.32. The zero-order chi connectivity index (χ0) is 16.0. The molecule has 0 saturated carbocycles. The lowest BCUT2D eigenvalue weighted by Gasteiger charge is -2.05. The molecular weight excluding hydrogens is 308 g/mol. The molecule has 3 aromatic rings. The molecule has 11 nitrogen and oxygen atoms in total. The van der Waals surface area contributed by atoms with Crippen molar-refractivity contribution < 1.29 is 24.0 Å². The predicted molar refractivity (Wildman–Crippen MR) is 72.1 cm³/mol. The molecule has 0 bridgehead atoms. The minimum absolute atomic E-state index is 0.0395. The molecule has 0 atom stereocenters. The van der Waals surface area contributed by atoms with Gasteiger partial charge >= 0.3 is 5.97 Å². The van der Waals surface area contributed by atoms with Gasteiger partial charge in [-0.15, -0.1) is 5.10 Å². The Bertz CT molecular complexity index is 917. The number of carbonyl (C=O) groups is 1. The van der Waals surface area contributed by atoms with Gasteiger partial charge in [0.1, 0.15) is 5.69 Å². The second-order valence-electron chi connectivity index (χ2n) is 4.54. The van der Waals surface area contributed by atoms with E-state index in [-0.39, 0.29) is 29.8 Å². The van der Waals surface area contributed by atoms with Gasteiger partial charge in [0.2, 0.25) is 18.4 Å². The molecule has 3 N–H and O–H groups in total. The van der Waals surface area contributed by atoms with E-state index in [2.05, 4.69) is 25.3 Å². The second kappa shape index (κ2) is 4.69. The summed E-state index contributed by atoms with van der Waals surface area (Å²) < 4.78 is 16.2. The highest BCUT2D eigenvalue weighted by Gasteiger charge is 2.26. The molecule has 0 aliphatic carbocycles. The van der Waals surface area contributed by atoms with Crippen molar-refractivity contribution in [2.75, 3.05) is 12.5 Å². The molecule has 0 spiro atoms. The number of hydrogen-bond donors (Lipinski definition) is 2. The molecule has 116 valence electrons. The summed E-state index contributed by atoms with van der Waals surface area (Å²) in [5, 5.41) is 23.8. The largest absolute Gasteiger partial charge is 0.476 e. The Hall–Kier alpha value is -3.63. The number of nitrogens with zero attached hydrogens (tertiary/aromatic N) is 5. The lowest BCUT2D eigenvalue weighted by molar-refractivity contribution is 0.0691. The van der Waals surface area contributed by atoms with Crippen molar-refractivity contribution in [1.29, 1.82) is 0 Å². The molecule has 1 aliphatic rings. The van der Waals surface area contributed by atoms with Crippen molar-refractivity contribution in [2.24, 2.45) is 0 Å². The number of ether oxygens (including phenoxy) is 2. The minimum atomic E-state index is -1.25. The van der Waals surface area contributed by atoms with Crippen molar-refractivity contribution in [3.8, 4) is 28.6 Å². The van der Waals surface area contributed by atoms with Crippen LogP contribution in [0.3, 0.4) is 0 Å². The maximum atomic E-state index is 11.4. The molecule has 0 unspecified atom stereocenters. The number of carboxylic acid groups (broad SMARTS) is 1. The van der Waals surface area contributed by atoms with E-state index in [0.717, 1.165) is 4.68 Å². The number of hydrogen-bond acceptors (Lipinski definition) is 9. The predicted octanol–water partition coefficient (Wildman–Crippen LogP) is 0.326. The highest BCUT2D eigenvalue weighted by Crippen LogP contribution is 2.37. The molecule has 2 aromatic heterocycles. The van der Waals surface area contributed by atoms with E-state index in [1.807, 2.05) is 0 Å². The van der Waals surface area contributed by atoms with Gasteiger partial charge in [-0.25, -0.2) is 9.42 Å². The normalized spacial score (nSPS) is 12.5. The van der Waals surface area contributed by atoms with Crippen molar-refractivity contribution in [3.05, 3.63) is 23.9 Å². The third-order valence-corrected chi connectivity index (χ3v) is 3.22. The molecule has 4 rings (SSSR count). The van der Waals surface area contributed by atoms with Crippen molar-refractivity contribution in [3.63, 3.8) is 0 Å². The van der Waals surface area contributed by atoms with Gasteiger partial charge in [0.25, 0.3) is 0 Å². The van der Waals surface area contributed by atoms with Gasteiger partial charge in [0.05, 0.1) is 0 Å². The van der Waals surface area contributed by atoms with E-state index in [4.69, 9.17) is 15.2 Å². The third-order valence-electron chi connectivity index (χ3n) is 3.22.